The average Bonchev–Trinajstić information content (AvgIpc) is 3.68. The molecule has 0 aliphatic carbocycles. The zero-order chi connectivity index (χ0) is 51.0. The Morgan fingerprint density at radius 3 is 1.61 bits per heavy atom. The summed E-state index contributed by atoms with van der Waals surface area (Å²) in [5.74, 6) is -6.86. The molecule has 0 saturated carbocycles. The second-order valence-electron chi connectivity index (χ2n) is 17.1. The van der Waals surface area contributed by atoms with Gasteiger partial charge in [-0.05, 0) is 69.7 Å². The lowest BCUT2D eigenvalue weighted by Crippen LogP contribution is -2.52. The van der Waals surface area contributed by atoms with Gasteiger partial charge in [-0.25, -0.2) is 0 Å². The lowest BCUT2D eigenvalue weighted by molar-refractivity contribution is -0.140. The van der Waals surface area contributed by atoms with Gasteiger partial charge in [0.25, 0.3) is 11.8 Å². The summed E-state index contributed by atoms with van der Waals surface area (Å²) in [7, 11) is -1.85. The van der Waals surface area contributed by atoms with E-state index < -0.39 is 72.8 Å². The standard InChI is InChI=1S/C42H69BN12O14/c1-28(41(67)55-23-31(56)22-33(55)43(68)69)49-39(65)30-9-7-29(8-10-30)38(64)46-11-3-2-4-12-47-40(66)32(6-5-13-48-42(44)45)50-34(57)24-51-14-16-52(25-35(58)59)18-20-54(27-37(62)63)21-19-53(17-15-51)26-36(60)61/h7-10,28,31-33,56,68-69H,2-6,11-27H2,1H3,(H,46,64)(H,47,66)(H,49,65)(H,50,57)(H,58,59)(H,60,61)(H,62,63)(H4,44,45,48)/t28-,31+,32+,33+/m1/s1. The SMILES string of the molecule is C[C@@H](NC(=O)c1ccc(C(=O)NCCCCCNC(=O)[C@H](CCCN=C(N)N)NC(=O)CN2CCN(CC(=O)O)CCN(CC(=O)O)CCN(CC(=O)O)CC2)cc1)C(=O)N1C[C@@H](O)C[C@H]1B(O)O. The molecule has 384 valence electrons. The van der Waals surface area contributed by atoms with Crippen LogP contribution in [0, 0.1) is 0 Å². The van der Waals surface area contributed by atoms with Crippen molar-refractivity contribution >= 4 is 60.5 Å². The highest BCUT2D eigenvalue weighted by Gasteiger charge is 2.42. The minimum absolute atomic E-state index is 0.00620. The molecule has 3 rings (SSSR count). The number of hydrogen-bond donors (Lipinski definition) is 12. The summed E-state index contributed by atoms with van der Waals surface area (Å²) in [6.45, 7) is 2.71. The second-order valence-corrected chi connectivity index (χ2v) is 17.1. The van der Waals surface area contributed by atoms with Crippen LogP contribution in [0.3, 0.4) is 0 Å². The minimum Gasteiger partial charge on any atom is -0.480 e. The van der Waals surface area contributed by atoms with Crippen molar-refractivity contribution in [1.82, 2.24) is 45.8 Å². The fourth-order valence-electron chi connectivity index (χ4n) is 7.81. The summed E-state index contributed by atoms with van der Waals surface area (Å²) in [5, 5.41) is 68.5. The number of nitrogens with one attached hydrogen (secondary N) is 4. The van der Waals surface area contributed by atoms with Crippen LogP contribution in [0.25, 0.3) is 0 Å². The van der Waals surface area contributed by atoms with Gasteiger partial charge in [-0.3, -0.25) is 62.9 Å². The van der Waals surface area contributed by atoms with E-state index in [-0.39, 0.29) is 134 Å². The monoisotopic (exact) mass is 977 g/mol. The zero-order valence-electron chi connectivity index (χ0n) is 39.0. The first kappa shape index (κ1) is 57.4. The van der Waals surface area contributed by atoms with Crippen LogP contribution in [0.1, 0.15) is 66.2 Å². The number of rotatable bonds is 25. The van der Waals surface area contributed by atoms with Gasteiger partial charge in [0, 0.05) is 89.7 Å². The third-order valence-corrected chi connectivity index (χ3v) is 11.5. The summed E-state index contributed by atoms with van der Waals surface area (Å²) < 4.78 is 0. The van der Waals surface area contributed by atoms with Crippen LogP contribution in [0.5, 0.6) is 0 Å². The molecule has 2 saturated heterocycles. The minimum atomic E-state index is -1.85. The quantitative estimate of drug-likeness (QED) is 0.0189. The number of benzene rings is 1. The number of hydrogen-bond acceptors (Lipinski definition) is 16. The molecule has 2 aliphatic rings. The Kier molecular flexibility index (Phi) is 24.8. The highest BCUT2D eigenvalue weighted by Crippen LogP contribution is 2.20. The Labute approximate surface area is 400 Å². The summed E-state index contributed by atoms with van der Waals surface area (Å²) in [4.78, 5) is 112. The van der Waals surface area contributed by atoms with Crippen molar-refractivity contribution in [2.75, 3.05) is 105 Å². The van der Waals surface area contributed by atoms with Gasteiger partial charge in [0.15, 0.2) is 5.96 Å². The number of carbonyl (C=O) groups is 8. The second kappa shape index (κ2) is 29.8. The molecule has 69 heavy (non-hydrogen) atoms. The van der Waals surface area contributed by atoms with E-state index in [2.05, 4.69) is 26.3 Å². The van der Waals surface area contributed by atoms with Crippen molar-refractivity contribution in [3.63, 3.8) is 0 Å². The molecule has 2 aliphatic heterocycles. The van der Waals surface area contributed by atoms with Gasteiger partial charge in [-0.1, -0.05) is 0 Å². The number of likely N-dealkylation sites (tertiary alicyclic amines) is 1. The molecule has 0 spiro atoms. The van der Waals surface area contributed by atoms with Crippen LogP contribution in [0.15, 0.2) is 29.3 Å². The summed E-state index contributed by atoms with van der Waals surface area (Å²) in [6.07, 6.45) is 1.35. The highest BCUT2D eigenvalue weighted by atomic mass is 16.4. The van der Waals surface area contributed by atoms with Crippen molar-refractivity contribution in [1.29, 1.82) is 0 Å². The van der Waals surface area contributed by atoms with Gasteiger partial charge < -0.3 is 68.1 Å². The summed E-state index contributed by atoms with van der Waals surface area (Å²) in [6, 6.07) is 3.77. The molecule has 0 aromatic heterocycles. The van der Waals surface area contributed by atoms with Crippen molar-refractivity contribution in [3.05, 3.63) is 35.4 Å². The molecule has 0 bridgehead atoms. The zero-order valence-corrected chi connectivity index (χ0v) is 39.0. The summed E-state index contributed by atoms with van der Waals surface area (Å²) >= 11 is 0. The van der Waals surface area contributed by atoms with E-state index in [0.29, 0.717) is 32.2 Å². The number of unbranched alkanes of at least 4 members (excludes halogenated alkanes) is 2. The number of β-amino-alcohol motifs (C(OH)–C–C–N with tert-alkyl or cyclic N) is 1. The Hall–Kier alpha value is -5.97. The Bertz CT molecular complexity index is 1880. The van der Waals surface area contributed by atoms with Gasteiger partial charge in [0.05, 0.1) is 38.2 Å². The van der Waals surface area contributed by atoms with E-state index in [1.165, 1.54) is 31.2 Å². The molecule has 26 nitrogen and oxygen atoms in total. The Balaban J connectivity index is 1.50. The molecule has 1 aromatic rings. The number of aliphatic hydroxyl groups excluding tert-OH is 1. The van der Waals surface area contributed by atoms with Gasteiger partial charge in [0.1, 0.15) is 12.1 Å². The predicted molar refractivity (Wildman–Crippen MR) is 249 cm³/mol. The molecule has 2 heterocycles. The number of carbonyl (C=O) groups excluding carboxylic acids is 5. The Morgan fingerprint density at radius 2 is 1.14 bits per heavy atom. The van der Waals surface area contributed by atoms with Crippen molar-refractivity contribution in [2.24, 2.45) is 16.5 Å². The number of amides is 5. The third kappa shape index (κ3) is 21.9. The first-order valence-corrected chi connectivity index (χ1v) is 22.9. The molecule has 5 amide bonds. The topological polar surface area (TPSA) is 387 Å². The molecule has 1 aromatic carbocycles. The molecule has 2 fully saturated rings. The highest BCUT2D eigenvalue weighted by molar-refractivity contribution is 6.43. The van der Waals surface area contributed by atoms with Crippen LogP contribution in [-0.2, 0) is 28.8 Å². The number of carboxylic acid groups (broad SMARTS) is 3. The number of carboxylic acids is 3. The summed E-state index contributed by atoms with van der Waals surface area (Å²) in [5.41, 5.74) is 11.4. The largest absolute Gasteiger partial charge is 0.480 e. The van der Waals surface area contributed by atoms with Crippen LogP contribution in [0.4, 0.5) is 0 Å². The lowest BCUT2D eigenvalue weighted by atomic mass is 9.77. The van der Waals surface area contributed by atoms with E-state index in [1.54, 1.807) is 19.6 Å². The van der Waals surface area contributed by atoms with E-state index in [0.717, 1.165) is 4.90 Å². The van der Waals surface area contributed by atoms with E-state index >= 15 is 0 Å². The van der Waals surface area contributed by atoms with Gasteiger partial charge >= 0.3 is 25.0 Å². The normalized spacial score (nSPS) is 18.6. The maximum Gasteiger partial charge on any atom is 0.475 e. The van der Waals surface area contributed by atoms with Gasteiger partial charge in [-0.2, -0.15) is 0 Å². The molecular formula is C42H69BN12O14. The van der Waals surface area contributed by atoms with Crippen LogP contribution in [-0.4, -0.2) is 244 Å². The fourth-order valence-corrected chi connectivity index (χ4v) is 7.81. The molecule has 0 radical (unpaired) electrons. The molecule has 14 N–H and O–H groups in total. The van der Waals surface area contributed by atoms with Gasteiger partial charge in [0.2, 0.25) is 17.7 Å². The van der Waals surface area contributed by atoms with E-state index in [1.807, 2.05) is 0 Å². The third-order valence-electron chi connectivity index (χ3n) is 11.5. The van der Waals surface area contributed by atoms with Crippen molar-refractivity contribution in [2.45, 2.75) is 69.6 Å². The van der Waals surface area contributed by atoms with Crippen molar-refractivity contribution in [3.8, 4) is 0 Å². The fraction of sp³-hybridized carbons (Fsp3) is 0.643. The molecular weight excluding hydrogens is 907 g/mol. The van der Waals surface area contributed by atoms with Crippen LogP contribution >= 0.6 is 0 Å². The molecule has 27 heteroatoms. The average molecular weight is 977 g/mol. The smallest absolute Gasteiger partial charge is 0.475 e. The predicted octanol–water partition coefficient (Wildman–Crippen LogP) is -5.19. The number of nitrogens with two attached hydrogens (primary N) is 2. The number of guanidine groups is 1. The number of aliphatic carboxylic acids is 3. The first-order valence-electron chi connectivity index (χ1n) is 22.9. The molecule has 4 atom stereocenters. The van der Waals surface area contributed by atoms with E-state index in [4.69, 9.17) is 11.5 Å². The van der Waals surface area contributed by atoms with Crippen LogP contribution in [0.2, 0.25) is 0 Å². The Morgan fingerprint density at radius 1 is 0.681 bits per heavy atom. The van der Waals surface area contributed by atoms with Crippen LogP contribution < -0.4 is 32.7 Å². The number of nitrogens with zero attached hydrogens (tertiary/aromatic N) is 6. The lowest BCUT2D eigenvalue weighted by Gasteiger charge is -2.33. The maximum atomic E-state index is 13.5. The van der Waals surface area contributed by atoms with Gasteiger partial charge in [-0.15, -0.1) is 0 Å². The van der Waals surface area contributed by atoms with Crippen molar-refractivity contribution < 1.29 is 68.8 Å². The first-order chi connectivity index (χ1) is 32.7. The maximum absolute atomic E-state index is 13.5. The number of aliphatic imine (C=N–C) groups is 1. The molecule has 0 unspecified atom stereocenters. The number of aliphatic hydroxyl groups is 1. The van der Waals surface area contributed by atoms with E-state index in [9.17, 15) is 68.8 Å².